The maximum Gasteiger partial charge on any atom is 0.136 e. The van der Waals surface area contributed by atoms with Gasteiger partial charge in [0.2, 0.25) is 0 Å². The zero-order valence-corrected chi connectivity index (χ0v) is 17.7. The third-order valence-corrected chi connectivity index (χ3v) is 5.70. The lowest BCUT2D eigenvalue weighted by atomic mass is 10.1. The summed E-state index contributed by atoms with van der Waals surface area (Å²) in [5, 5.41) is 0. The number of piperidine rings is 1. The fraction of sp³-hybridized carbons (Fsp3) is 0.333. The summed E-state index contributed by atoms with van der Waals surface area (Å²) in [6.45, 7) is 2.10. The van der Waals surface area contributed by atoms with Crippen LogP contribution in [0.2, 0.25) is 0 Å². The van der Waals surface area contributed by atoms with Crippen LogP contribution < -0.4 is 9.64 Å². The van der Waals surface area contributed by atoms with E-state index in [0.717, 1.165) is 53.9 Å². The standard InChI is InChI=1S/C24H26N6O/c1-31-21-5-7-25-19(15-21)16-22-27-20(17-24(28-22)29-9-3-2-4-10-29)13-18-6-11-30-12-8-26-23(30)14-18/h5-8,11-12,14-15,17H,2-4,9-10,13,16H2,1H3. The van der Waals surface area contributed by atoms with Crippen LogP contribution in [-0.2, 0) is 12.8 Å². The van der Waals surface area contributed by atoms with Crippen molar-refractivity contribution in [3.05, 3.63) is 77.9 Å². The van der Waals surface area contributed by atoms with E-state index in [1.165, 1.54) is 24.8 Å². The van der Waals surface area contributed by atoms with Crippen molar-refractivity contribution >= 4 is 11.5 Å². The van der Waals surface area contributed by atoms with Gasteiger partial charge in [0, 0.05) is 56.4 Å². The quantitative estimate of drug-likeness (QED) is 0.479. The summed E-state index contributed by atoms with van der Waals surface area (Å²) in [6, 6.07) is 10.2. The van der Waals surface area contributed by atoms with Gasteiger partial charge in [0.15, 0.2) is 0 Å². The second kappa shape index (κ2) is 8.71. The van der Waals surface area contributed by atoms with E-state index in [9.17, 15) is 0 Å². The van der Waals surface area contributed by atoms with Crippen LogP contribution in [-0.4, -0.2) is 44.5 Å². The van der Waals surface area contributed by atoms with Crippen molar-refractivity contribution in [1.29, 1.82) is 0 Å². The second-order valence-electron chi connectivity index (χ2n) is 7.95. The third kappa shape index (κ3) is 4.50. The average Bonchev–Trinajstić information content (AvgIpc) is 3.27. The van der Waals surface area contributed by atoms with Crippen molar-refractivity contribution in [3.63, 3.8) is 0 Å². The summed E-state index contributed by atoms with van der Waals surface area (Å²) in [5.41, 5.74) is 4.06. The number of anilines is 1. The van der Waals surface area contributed by atoms with Crippen molar-refractivity contribution in [1.82, 2.24) is 24.3 Å². The highest BCUT2D eigenvalue weighted by Gasteiger charge is 2.16. The SMILES string of the molecule is COc1ccnc(Cc2nc(Cc3ccn4ccnc4c3)cc(N3CCCCC3)n2)c1. The Morgan fingerprint density at radius 1 is 0.871 bits per heavy atom. The molecule has 1 fully saturated rings. The van der Waals surface area contributed by atoms with Gasteiger partial charge in [-0.2, -0.15) is 0 Å². The van der Waals surface area contributed by atoms with Gasteiger partial charge in [0.05, 0.1) is 24.9 Å². The lowest BCUT2D eigenvalue weighted by Gasteiger charge is -2.28. The Labute approximate surface area is 181 Å². The van der Waals surface area contributed by atoms with E-state index in [1.54, 1.807) is 13.3 Å². The van der Waals surface area contributed by atoms with Crippen LogP contribution in [0.4, 0.5) is 5.82 Å². The minimum absolute atomic E-state index is 0.575. The number of hydrogen-bond acceptors (Lipinski definition) is 6. The van der Waals surface area contributed by atoms with E-state index in [-0.39, 0.29) is 0 Å². The number of hydrogen-bond donors (Lipinski definition) is 0. The topological polar surface area (TPSA) is 68.4 Å². The molecule has 0 radical (unpaired) electrons. The molecule has 1 saturated heterocycles. The van der Waals surface area contributed by atoms with Gasteiger partial charge in [-0.15, -0.1) is 0 Å². The fourth-order valence-electron chi connectivity index (χ4n) is 4.10. The van der Waals surface area contributed by atoms with Gasteiger partial charge >= 0.3 is 0 Å². The lowest BCUT2D eigenvalue weighted by Crippen LogP contribution is -2.30. The molecule has 1 aliphatic heterocycles. The summed E-state index contributed by atoms with van der Waals surface area (Å²) in [4.78, 5) is 21.1. The zero-order valence-electron chi connectivity index (χ0n) is 17.7. The number of ether oxygens (including phenoxy) is 1. The zero-order chi connectivity index (χ0) is 21.0. The van der Waals surface area contributed by atoms with Crippen molar-refractivity contribution in [2.75, 3.05) is 25.1 Å². The Hall–Kier alpha value is -3.48. The molecule has 0 atom stereocenters. The first kappa shape index (κ1) is 19.5. The predicted octanol–water partition coefficient (Wildman–Crippen LogP) is 3.70. The molecule has 5 heterocycles. The molecule has 0 spiro atoms. The fourth-order valence-corrected chi connectivity index (χ4v) is 4.10. The highest BCUT2D eigenvalue weighted by Crippen LogP contribution is 2.22. The monoisotopic (exact) mass is 414 g/mol. The Bertz CT molecular complexity index is 1180. The summed E-state index contributed by atoms with van der Waals surface area (Å²) < 4.78 is 7.36. The number of pyridine rings is 2. The Morgan fingerprint density at radius 3 is 2.65 bits per heavy atom. The summed E-state index contributed by atoms with van der Waals surface area (Å²) in [6.07, 6.45) is 12.6. The molecular formula is C24H26N6O. The van der Waals surface area contributed by atoms with Crippen LogP contribution in [0.15, 0.2) is 55.1 Å². The van der Waals surface area contributed by atoms with Crippen LogP contribution in [0.25, 0.3) is 5.65 Å². The normalized spacial score (nSPS) is 14.2. The first-order valence-electron chi connectivity index (χ1n) is 10.8. The number of rotatable bonds is 6. The Balaban J connectivity index is 1.47. The molecule has 0 amide bonds. The van der Waals surface area contributed by atoms with Gasteiger partial charge in [0.25, 0.3) is 0 Å². The van der Waals surface area contributed by atoms with Crippen LogP contribution in [0.1, 0.15) is 42.0 Å². The second-order valence-corrected chi connectivity index (χ2v) is 7.95. The Kier molecular flexibility index (Phi) is 5.48. The molecule has 158 valence electrons. The third-order valence-electron chi connectivity index (χ3n) is 5.70. The van der Waals surface area contributed by atoms with Crippen molar-refractivity contribution in [3.8, 4) is 5.75 Å². The smallest absolute Gasteiger partial charge is 0.136 e. The minimum atomic E-state index is 0.575. The van der Waals surface area contributed by atoms with Crippen molar-refractivity contribution < 1.29 is 4.74 Å². The summed E-state index contributed by atoms with van der Waals surface area (Å²) in [7, 11) is 1.67. The van der Waals surface area contributed by atoms with Crippen LogP contribution in [0.5, 0.6) is 5.75 Å². The first-order valence-corrected chi connectivity index (χ1v) is 10.8. The van der Waals surface area contributed by atoms with E-state index >= 15 is 0 Å². The molecule has 4 aromatic rings. The average molecular weight is 415 g/mol. The van der Waals surface area contributed by atoms with E-state index in [0.29, 0.717) is 6.42 Å². The maximum atomic E-state index is 5.35. The van der Waals surface area contributed by atoms with Gasteiger partial charge in [0.1, 0.15) is 23.0 Å². The molecule has 0 N–H and O–H groups in total. The molecule has 5 rings (SSSR count). The van der Waals surface area contributed by atoms with E-state index in [1.807, 2.05) is 35.1 Å². The lowest BCUT2D eigenvalue weighted by molar-refractivity contribution is 0.413. The van der Waals surface area contributed by atoms with Gasteiger partial charge in [-0.1, -0.05) is 0 Å². The summed E-state index contributed by atoms with van der Waals surface area (Å²) >= 11 is 0. The maximum absolute atomic E-state index is 5.35. The highest BCUT2D eigenvalue weighted by molar-refractivity contribution is 5.45. The number of imidazole rings is 1. The molecule has 0 unspecified atom stereocenters. The number of fused-ring (bicyclic) bond motifs is 1. The van der Waals surface area contributed by atoms with Crippen molar-refractivity contribution in [2.24, 2.45) is 0 Å². The minimum Gasteiger partial charge on any atom is -0.497 e. The molecular weight excluding hydrogens is 388 g/mol. The number of nitrogens with zero attached hydrogens (tertiary/aromatic N) is 6. The summed E-state index contributed by atoms with van der Waals surface area (Å²) in [5.74, 6) is 2.61. The van der Waals surface area contributed by atoms with Gasteiger partial charge < -0.3 is 14.0 Å². The molecule has 0 aliphatic carbocycles. The molecule has 7 nitrogen and oxygen atoms in total. The molecule has 31 heavy (non-hydrogen) atoms. The van der Waals surface area contributed by atoms with Gasteiger partial charge in [-0.25, -0.2) is 15.0 Å². The molecule has 0 bridgehead atoms. The highest BCUT2D eigenvalue weighted by atomic mass is 16.5. The van der Waals surface area contributed by atoms with Crippen LogP contribution in [0.3, 0.4) is 0 Å². The molecule has 0 saturated carbocycles. The van der Waals surface area contributed by atoms with Gasteiger partial charge in [-0.05, 0) is 43.0 Å². The number of methoxy groups -OCH3 is 1. The largest absolute Gasteiger partial charge is 0.497 e. The van der Waals surface area contributed by atoms with E-state index < -0.39 is 0 Å². The van der Waals surface area contributed by atoms with E-state index in [2.05, 4.69) is 33.1 Å². The molecule has 7 heteroatoms. The van der Waals surface area contributed by atoms with E-state index in [4.69, 9.17) is 14.7 Å². The van der Waals surface area contributed by atoms with Crippen LogP contribution >= 0.6 is 0 Å². The van der Waals surface area contributed by atoms with Gasteiger partial charge in [-0.3, -0.25) is 4.98 Å². The Morgan fingerprint density at radius 2 is 1.77 bits per heavy atom. The first-order chi connectivity index (χ1) is 15.3. The van der Waals surface area contributed by atoms with Crippen LogP contribution in [0, 0.1) is 0 Å². The van der Waals surface area contributed by atoms with Crippen molar-refractivity contribution in [2.45, 2.75) is 32.1 Å². The predicted molar refractivity (Wildman–Crippen MR) is 120 cm³/mol. The molecule has 0 aromatic carbocycles. The molecule has 1 aliphatic rings. The molecule has 4 aromatic heterocycles. The number of aromatic nitrogens is 5.